The topological polar surface area (TPSA) is 72.1 Å². The highest BCUT2D eigenvalue weighted by Gasteiger charge is 2.43. The van der Waals surface area contributed by atoms with Crippen LogP contribution >= 0.6 is 0 Å². The number of piperidine rings is 1. The summed E-state index contributed by atoms with van der Waals surface area (Å²) in [6.07, 6.45) is 3.95. The minimum atomic E-state index is -1.89. The largest absolute Gasteiger partial charge is 0.339 e. The Balaban J connectivity index is 1.48. The average molecular weight is 384 g/mol. The molecule has 0 radical (unpaired) electrons. The molecule has 6 nitrogen and oxygen atoms in total. The Morgan fingerprint density at radius 2 is 1.93 bits per heavy atom. The van der Waals surface area contributed by atoms with Crippen molar-refractivity contribution in [3.05, 3.63) is 66.1 Å². The van der Waals surface area contributed by atoms with Crippen LogP contribution in [0.4, 0.5) is 8.78 Å². The normalized spacial score (nSPS) is 19.6. The molecule has 4 rings (SSSR count). The number of rotatable bonds is 4. The number of likely N-dealkylation sites (tertiary alicyclic amines) is 1. The predicted octanol–water partition coefficient (Wildman–Crippen LogP) is 3.30. The van der Waals surface area contributed by atoms with E-state index in [2.05, 4.69) is 15.1 Å². The van der Waals surface area contributed by atoms with E-state index in [0.717, 1.165) is 0 Å². The second kappa shape index (κ2) is 7.46. The van der Waals surface area contributed by atoms with Crippen molar-refractivity contribution in [1.29, 1.82) is 0 Å². The van der Waals surface area contributed by atoms with Crippen molar-refractivity contribution >= 4 is 5.91 Å². The molecule has 1 amide bonds. The molecule has 1 saturated heterocycles. The molecule has 3 aromatic rings. The minimum absolute atomic E-state index is 0.0858. The van der Waals surface area contributed by atoms with Gasteiger partial charge in [-0.25, -0.2) is 8.78 Å². The molecule has 28 heavy (non-hydrogen) atoms. The van der Waals surface area contributed by atoms with E-state index < -0.39 is 5.67 Å². The molecule has 8 heteroatoms. The Labute approximate surface area is 160 Å². The number of pyridine rings is 1. The van der Waals surface area contributed by atoms with Crippen molar-refractivity contribution in [2.24, 2.45) is 0 Å². The van der Waals surface area contributed by atoms with Gasteiger partial charge in [0.05, 0.1) is 13.0 Å². The number of hydrogen-bond acceptors (Lipinski definition) is 5. The van der Waals surface area contributed by atoms with E-state index in [1.54, 1.807) is 36.7 Å². The smallest absolute Gasteiger partial charge is 0.266 e. The van der Waals surface area contributed by atoms with Crippen molar-refractivity contribution in [3.8, 4) is 11.4 Å². The number of aromatic nitrogens is 3. The summed E-state index contributed by atoms with van der Waals surface area (Å²) in [7, 11) is 0. The van der Waals surface area contributed by atoms with Gasteiger partial charge in [-0.3, -0.25) is 9.78 Å². The summed E-state index contributed by atoms with van der Waals surface area (Å²) in [5.41, 5.74) is -0.539. The number of hydrogen-bond donors (Lipinski definition) is 0. The number of alkyl halides is 1. The Morgan fingerprint density at radius 1 is 1.18 bits per heavy atom. The molecule has 1 aromatic carbocycles. The van der Waals surface area contributed by atoms with Crippen molar-refractivity contribution in [2.45, 2.75) is 24.9 Å². The summed E-state index contributed by atoms with van der Waals surface area (Å²) in [4.78, 5) is 22.2. The Morgan fingerprint density at radius 3 is 2.68 bits per heavy atom. The van der Waals surface area contributed by atoms with Crippen LogP contribution in [0.5, 0.6) is 0 Å². The number of carbonyl (C=O) groups excluding carboxylic acids is 1. The Hall–Kier alpha value is -3.16. The monoisotopic (exact) mass is 384 g/mol. The maximum atomic E-state index is 15.6. The van der Waals surface area contributed by atoms with Gasteiger partial charge in [-0.2, -0.15) is 4.98 Å². The van der Waals surface area contributed by atoms with Crippen molar-refractivity contribution in [3.63, 3.8) is 0 Å². The molecule has 2 aromatic heterocycles. The van der Waals surface area contributed by atoms with Crippen LogP contribution < -0.4 is 0 Å². The van der Waals surface area contributed by atoms with Crippen molar-refractivity contribution < 1.29 is 18.1 Å². The van der Waals surface area contributed by atoms with Gasteiger partial charge in [0.25, 0.3) is 5.89 Å². The van der Waals surface area contributed by atoms with Gasteiger partial charge in [0, 0.05) is 24.5 Å². The number of halogens is 2. The molecule has 144 valence electrons. The lowest BCUT2D eigenvalue weighted by Gasteiger charge is -2.35. The SMILES string of the molecule is O=C(Cc1ccc(F)cc1)N1CCCC(F)(c2nc(-c3ccncc3)no2)C1. The first-order chi connectivity index (χ1) is 13.5. The summed E-state index contributed by atoms with van der Waals surface area (Å²) in [6.45, 7) is 0.308. The summed E-state index contributed by atoms with van der Waals surface area (Å²) in [5.74, 6) is -0.427. The predicted molar refractivity (Wildman–Crippen MR) is 96.2 cm³/mol. The number of nitrogens with zero attached hydrogens (tertiary/aromatic N) is 4. The van der Waals surface area contributed by atoms with Crippen LogP contribution in [0.3, 0.4) is 0 Å². The molecule has 1 fully saturated rings. The first-order valence-corrected chi connectivity index (χ1v) is 8.99. The van der Waals surface area contributed by atoms with Crippen LogP contribution in [0.25, 0.3) is 11.4 Å². The van der Waals surface area contributed by atoms with E-state index in [4.69, 9.17) is 4.52 Å². The molecule has 0 bridgehead atoms. The molecule has 1 unspecified atom stereocenters. The highest BCUT2D eigenvalue weighted by atomic mass is 19.1. The van der Waals surface area contributed by atoms with Crippen molar-refractivity contribution in [2.75, 3.05) is 13.1 Å². The first-order valence-electron chi connectivity index (χ1n) is 8.99. The zero-order valence-electron chi connectivity index (χ0n) is 15.0. The van der Waals surface area contributed by atoms with E-state index in [1.807, 2.05) is 0 Å². The Bertz CT molecular complexity index is 962. The fourth-order valence-electron chi connectivity index (χ4n) is 3.31. The minimum Gasteiger partial charge on any atom is -0.339 e. The average Bonchev–Trinajstić information content (AvgIpc) is 3.22. The van der Waals surface area contributed by atoms with E-state index >= 15 is 4.39 Å². The third-order valence-electron chi connectivity index (χ3n) is 4.81. The molecule has 0 N–H and O–H groups in total. The van der Waals surface area contributed by atoms with Crippen LogP contribution in [-0.2, 0) is 16.9 Å². The third-order valence-corrected chi connectivity index (χ3v) is 4.81. The number of carbonyl (C=O) groups is 1. The fourth-order valence-corrected chi connectivity index (χ4v) is 3.31. The zero-order valence-corrected chi connectivity index (χ0v) is 15.0. The van der Waals surface area contributed by atoms with E-state index in [0.29, 0.717) is 24.1 Å². The molecule has 0 spiro atoms. The van der Waals surface area contributed by atoms with Gasteiger partial charge in [-0.05, 0) is 42.7 Å². The molecular formula is C20H18F2N4O2. The van der Waals surface area contributed by atoms with Crippen molar-refractivity contribution in [1.82, 2.24) is 20.0 Å². The maximum Gasteiger partial charge on any atom is 0.266 e. The van der Waals surface area contributed by atoms with Gasteiger partial charge in [-0.1, -0.05) is 17.3 Å². The van der Waals surface area contributed by atoms with Gasteiger partial charge in [0.2, 0.25) is 17.4 Å². The van der Waals surface area contributed by atoms with Crippen LogP contribution in [0.1, 0.15) is 24.3 Å². The highest BCUT2D eigenvalue weighted by molar-refractivity contribution is 5.79. The molecule has 1 atom stereocenters. The highest BCUT2D eigenvalue weighted by Crippen LogP contribution is 2.35. The lowest BCUT2D eigenvalue weighted by Crippen LogP contribution is -2.47. The zero-order chi connectivity index (χ0) is 19.6. The quantitative estimate of drug-likeness (QED) is 0.690. The fraction of sp³-hybridized carbons (Fsp3) is 0.300. The maximum absolute atomic E-state index is 15.6. The number of benzene rings is 1. The van der Waals surface area contributed by atoms with E-state index in [-0.39, 0.29) is 42.8 Å². The van der Waals surface area contributed by atoms with Crippen LogP contribution in [0, 0.1) is 5.82 Å². The molecule has 0 saturated carbocycles. The van der Waals surface area contributed by atoms with Gasteiger partial charge in [0.1, 0.15) is 5.82 Å². The summed E-state index contributed by atoms with van der Waals surface area (Å²) in [5, 5.41) is 3.86. The van der Waals surface area contributed by atoms with E-state index in [9.17, 15) is 9.18 Å². The van der Waals surface area contributed by atoms with Gasteiger partial charge >= 0.3 is 0 Å². The summed E-state index contributed by atoms with van der Waals surface area (Å²) < 4.78 is 33.8. The van der Waals surface area contributed by atoms with Crippen LogP contribution in [-0.4, -0.2) is 39.0 Å². The summed E-state index contributed by atoms with van der Waals surface area (Å²) >= 11 is 0. The standard InChI is InChI=1S/C20H18F2N4O2/c21-16-4-2-14(3-5-16)12-17(27)26-11-1-8-20(22,13-26)19-24-18(25-28-19)15-6-9-23-10-7-15/h2-7,9-10H,1,8,11-13H2. The third kappa shape index (κ3) is 3.76. The second-order valence-corrected chi connectivity index (χ2v) is 6.85. The van der Waals surface area contributed by atoms with Gasteiger partial charge in [0.15, 0.2) is 0 Å². The summed E-state index contributed by atoms with van der Waals surface area (Å²) in [6, 6.07) is 9.13. The number of amides is 1. The van der Waals surface area contributed by atoms with E-state index in [1.165, 1.54) is 17.0 Å². The first kappa shape index (κ1) is 18.2. The van der Waals surface area contributed by atoms with Gasteiger partial charge < -0.3 is 9.42 Å². The molecular weight excluding hydrogens is 366 g/mol. The second-order valence-electron chi connectivity index (χ2n) is 6.85. The Kier molecular flexibility index (Phi) is 4.85. The molecule has 1 aliphatic heterocycles. The van der Waals surface area contributed by atoms with Gasteiger partial charge in [-0.15, -0.1) is 0 Å². The molecule has 3 heterocycles. The van der Waals surface area contributed by atoms with Crippen LogP contribution in [0.15, 0.2) is 53.3 Å². The molecule has 0 aliphatic carbocycles. The lowest BCUT2D eigenvalue weighted by molar-refractivity contribution is -0.135. The lowest BCUT2D eigenvalue weighted by atomic mass is 9.94. The van der Waals surface area contributed by atoms with Crippen LogP contribution in [0.2, 0.25) is 0 Å². The molecule has 1 aliphatic rings.